The van der Waals surface area contributed by atoms with Gasteiger partial charge in [-0.2, -0.15) is 0 Å². The third kappa shape index (κ3) is 8.24. The lowest BCUT2D eigenvalue weighted by molar-refractivity contribution is -0.122. The predicted molar refractivity (Wildman–Crippen MR) is 130 cm³/mol. The highest BCUT2D eigenvalue weighted by atomic mass is 127. The quantitative estimate of drug-likeness (QED) is 0.280. The standard InChI is InChI=1S/C20H35N5OS.HI/c1-5-10-22-18(26)14-25-11-8-16(9-12-25)24-19(21-4)23-15-20(2,3)17-7-6-13-27-17;/h6-7,13,16H,5,8-12,14-15H2,1-4H3,(H,22,26)(H2,21,23,24);1H. The molecule has 6 nitrogen and oxygen atoms in total. The van der Waals surface area contributed by atoms with E-state index in [9.17, 15) is 4.79 Å². The number of carbonyl (C=O) groups excluding carboxylic acids is 1. The third-order valence-corrected chi connectivity index (χ3v) is 6.21. The number of thiophene rings is 1. The van der Waals surface area contributed by atoms with Gasteiger partial charge in [-0.1, -0.05) is 26.8 Å². The average molecular weight is 522 g/mol. The summed E-state index contributed by atoms with van der Waals surface area (Å²) in [7, 11) is 1.82. The fourth-order valence-electron chi connectivity index (χ4n) is 3.20. The average Bonchev–Trinajstić information content (AvgIpc) is 3.20. The molecule has 0 saturated carbocycles. The minimum atomic E-state index is 0. The van der Waals surface area contributed by atoms with Crippen LogP contribution in [0.4, 0.5) is 0 Å². The van der Waals surface area contributed by atoms with Gasteiger partial charge in [-0.3, -0.25) is 14.7 Å². The summed E-state index contributed by atoms with van der Waals surface area (Å²) in [5.41, 5.74) is 0.0704. The van der Waals surface area contributed by atoms with Crippen LogP contribution in [0.15, 0.2) is 22.5 Å². The number of carbonyl (C=O) groups is 1. The molecule has 0 bridgehead atoms. The van der Waals surface area contributed by atoms with Crippen LogP contribution in [0.1, 0.15) is 44.9 Å². The van der Waals surface area contributed by atoms with Gasteiger partial charge in [-0.05, 0) is 30.7 Å². The number of hydrogen-bond donors (Lipinski definition) is 3. The molecule has 1 aromatic rings. The van der Waals surface area contributed by atoms with E-state index < -0.39 is 0 Å². The van der Waals surface area contributed by atoms with Crippen LogP contribution in [0.25, 0.3) is 0 Å². The number of likely N-dealkylation sites (tertiary alicyclic amines) is 1. The summed E-state index contributed by atoms with van der Waals surface area (Å²) in [4.78, 5) is 19.9. The molecular formula is C20H36IN5OS. The molecule has 2 heterocycles. The number of amides is 1. The first-order valence-electron chi connectivity index (χ1n) is 9.95. The molecule has 0 spiro atoms. The van der Waals surface area contributed by atoms with Gasteiger partial charge in [0.2, 0.25) is 5.91 Å². The highest BCUT2D eigenvalue weighted by Gasteiger charge is 2.24. The fraction of sp³-hybridized carbons (Fsp3) is 0.700. The normalized spacial score (nSPS) is 16.4. The van der Waals surface area contributed by atoms with Crippen molar-refractivity contribution in [3.63, 3.8) is 0 Å². The Hall–Kier alpha value is -0.870. The summed E-state index contributed by atoms with van der Waals surface area (Å²) in [5, 5.41) is 12.1. The second-order valence-corrected chi connectivity index (χ2v) is 8.78. The van der Waals surface area contributed by atoms with Crippen molar-refractivity contribution in [3.05, 3.63) is 22.4 Å². The first-order chi connectivity index (χ1) is 12.9. The molecule has 1 aromatic heterocycles. The Labute approximate surface area is 191 Å². The van der Waals surface area contributed by atoms with E-state index in [4.69, 9.17) is 0 Å². The molecule has 28 heavy (non-hydrogen) atoms. The maximum absolute atomic E-state index is 11.9. The zero-order valence-corrected chi connectivity index (χ0v) is 20.7. The molecule has 1 aliphatic rings. The molecule has 0 aromatic carbocycles. The first kappa shape index (κ1) is 25.2. The topological polar surface area (TPSA) is 68.8 Å². The van der Waals surface area contributed by atoms with E-state index in [2.05, 4.69) is 64.1 Å². The Bertz CT molecular complexity index is 598. The second-order valence-electron chi connectivity index (χ2n) is 7.83. The number of halogens is 1. The summed E-state index contributed by atoms with van der Waals surface area (Å²) >= 11 is 1.80. The number of guanidine groups is 1. The van der Waals surface area contributed by atoms with Gasteiger partial charge in [-0.25, -0.2) is 0 Å². The van der Waals surface area contributed by atoms with Crippen molar-refractivity contribution >= 4 is 47.2 Å². The van der Waals surface area contributed by atoms with E-state index in [0.29, 0.717) is 12.6 Å². The number of nitrogens with zero attached hydrogens (tertiary/aromatic N) is 2. The smallest absolute Gasteiger partial charge is 0.234 e. The van der Waals surface area contributed by atoms with Crippen LogP contribution in [0.5, 0.6) is 0 Å². The molecule has 1 saturated heterocycles. The highest BCUT2D eigenvalue weighted by molar-refractivity contribution is 14.0. The maximum Gasteiger partial charge on any atom is 0.234 e. The largest absolute Gasteiger partial charge is 0.356 e. The van der Waals surface area contributed by atoms with Crippen molar-refractivity contribution in [3.8, 4) is 0 Å². The van der Waals surface area contributed by atoms with Gasteiger partial charge in [0.15, 0.2) is 5.96 Å². The Balaban J connectivity index is 0.00000392. The molecule has 0 unspecified atom stereocenters. The Kier molecular flexibility index (Phi) is 11.4. The zero-order chi connectivity index (χ0) is 19.7. The molecule has 0 atom stereocenters. The lowest BCUT2D eigenvalue weighted by atomic mass is 9.91. The van der Waals surface area contributed by atoms with Crippen LogP contribution in [0.2, 0.25) is 0 Å². The monoisotopic (exact) mass is 521 g/mol. The lowest BCUT2D eigenvalue weighted by Crippen LogP contribution is -2.51. The number of nitrogens with one attached hydrogen (secondary N) is 3. The van der Waals surface area contributed by atoms with Crippen LogP contribution in [0.3, 0.4) is 0 Å². The summed E-state index contributed by atoms with van der Waals surface area (Å²) in [6.45, 7) is 10.6. The SMILES string of the molecule is CCCNC(=O)CN1CCC(NC(=NC)NCC(C)(C)c2cccs2)CC1.I. The number of piperidine rings is 1. The minimum absolute atomic E-state index is 0. The molecule has 1 aliphatic heterocycles. The number of rotatable bonds is 8. The van der Waals surface area contributed by atoms with E-state index >= 15 is 0 Å². The fourth-order valence-corrected chi connectivity index (χ4v) is 4.05. The molecule has 8 heteroatoms. The van der Waals surface area contributed by atoms with Crippen molar-refractivity contribution in [2.75, 3.05) is 39.8 Å². The van der Waals surface area contributed by atoms with Crippen LogP contribution < -0.4 is 16.0 Å². The zero-order valence-electron chi connectivity index (χ0n) is 17.6. The van der Waals surface area contributed by atoms with Gasteiger partial charge < -0.3 is 16.0 Å². The van der Waals surface area contributed by atoms with Crippen molar-refractivity contribution in [1.29, 1.82) is 0 Å². The van der Waals surface area contributed by atoms with Crippen molar-refractivity contribution in [1.82, 2.24) is 20.9 Å². The molecule has 2 rings (SSSR count). The number of hydrogen-bond acceptors (Lipinski definition) is 4. The minimum Gasteiger partial charge on any atom is -0.356 e. The van der Waals surface area contributed by atoms with Gasteiger partial charge in [0.25, 0.3) is 0 Å². The summed E-state index contributed by atoms with van der Waals surface area (Å²) in [5.74, 6) is 0.996. The Morgan fingerprint density at radius 2 is 2.04 bits per heavy atom. The highest BCUT2D eigenvalue weighted by Crippen LogP contribution is 2.26. The Morgan fingerprint density at radius 1 is 1.32 bits per heavy atom. The summed E-state index contributed by atoms with van der Waals surface area (Å²) in [6.07, 6.45) is 3.03. The van der Waals surface area contributed by atoms with Crippen LogP contribution in [0, 0.1) is 0 Å². The second kappa shape index (κ2) is 12.6. The summed E-state index contributed by atoms with van der Waals surface area (Å²) in [6, 6.07) is 4.69. The lowest BCUT2D eigenvalue weighted by Gasteiger charge is -2.33. The van der Waals surface area contributed by atoms with Gasteiger partial charge in [0.05, 0.1) is 6.54 Å². The van der Waals surface area contributed by atoms with Crippen molar-refractivity contribution < 1.29 is 4.79 Å². The van der Waals surface area contributed by atoms with E-state index in [1.807, 2.05) is 7.05 Å². The Morgan fingerprint density at radius 3 is 2.61 bits per heavy atom. The van der Waals surface area contributed by atoms with Crippen molar-refractivity contribution in [2.45, 2.75) is 51.5 Å². The van der Waals surface area contributed by atoms with Gasteiger partial charge in [0.1, 0.15) is 0 Å². The van der Waals surface area contributed by atoms with Crippen LogP contribution >= 0.6 is 35.3 Å². The predicted octanol–water partition coefficient (Wildman–Crippen LogP) is 2.80. The van der Waals surface area contributed by atoms with E-state index in [1.54, 1.807) is 11.3 Å². The maximum atomic E-state index is 11.9. The first-order valence-corrected chi connectivity index (χ1v) is 10.8. The third-order valence-electron chi connectivity index (χ3n) is 4.98. The molecule has 0 radical (unpaired) electrons. The molecule has 1 amide bonds. The molecular weight excluding hydrogens is 485 g/mol. The molecule has 160 valence electrons. The van der Waals surface area contributed by atoms with E-state index in [1.165, 1.54) is 4.88 Å². The molecule has 3 N–H and O–H groups in total. The van der Waals surface area contributed by atoms with E-state index in [-0.39, 0.29) is 35.3 Å². The molecule has 0 aliphatic carbocycles. The van der Waals surface area contributed by atoms with Gasteiger partial charge in [0, 0.05) is 49.6 Å². The van der Waals surface area contributed by atoms with Crippen LogP contribution in [-0.2, 0) is 10.2 Å². The summed E-state index contributed by atoms with van der Waals surface area (Å²) < 4.78 is 0. The number of aliphatic imine (C=N–C) groups is 1. The van der Waals surface area contributed by atoms with Gasteiger partial charge >= 0.3 is 0 Å². The van der Waals surface area contributed by atoms with Crippen molar-refractivity contribution in [2.24, 2.45) is 4.99 Å². The van der Waals surface area contributed by atoms with E-state index in [0.717, 1.165) is 51.4 Å². The van der Waals surface area contributed by atoms with Crippen LogP contribution in [-0.4, -0.2) is 62.6 Å². The molecule has 1 fully saturated rings. The van der Waals surface area contributed by atoms with Gasteiger partial charge in [-0.15, -0.1) is 35.3 Å².